The number of rotatable bonds is 7. The molecule has 0 aliphatic carbocycles. The maximum absolute atomic E-state index is 11.3. The number of nitrogens with one attached hydrogen (secondary N) is 3. The molecule has 1 atom stereocenters. The van der Waals surface area contributed by atoms with E-state index in [-0.39, 0.29) is 5.92 Å². The van der Waals surface area contributed by atoms with Gasteiger partial charge in [0.15, 0.2) is 0 Å². The number of urea groups is 1. The van der Waals surface area contributed by atoms with Crippen molar-refractivity contribution in [2.45, 2.75) is 26.3 Å². The molecular weight excluding hydrogens is 210 g/mol. The molecule has 0 aliphatic heterocycles. The lowest BCUT2D eigenvalue weighted by molar-refractivity contribution is -0.140. The second-order valence-corrected chi connectivity index (χ2v) is 3.92. The highest BCUT2D eigenvalue weighted by molar-refractivity contribution is 5.82. The van der Waals surface area contributed by atoms with Crippen LogP contribution in [0.1, 0.15) is 20.3 Å². The molecule has 0 aliphatic rings. The van der Waals surface area contributed by atoms with Gasteiger partial charge in [-0.25, -0.2) is 9.59 Å². The first-order valence-electron chi connectivity index (χ1n) is 5.40. The van der Waals surface area contributed by atoms with Gasteiger partial charge >= 0.3 is 12.0 Å². The van der Waals surface area contributed by atoms with Gasteiger partial charge in [-0.1, -0.05) is 13.8 Å². The number of aliphatic carboxylic acids is 1. The summed E-state index contributed by atoms with van der Waals surface area (Å²) in [4.78, 5) is 22.1. The van der Waals surface area contributed by atoms with E-state index >= 15 is 0 Å². The molecule has 0 aromatic heterocycles. The van der Waals surface area contributed by atoms with E-state index in [1.807, 2.05) is 7.05 Å². The lowest BCUT2D eigenvalue weighted by Crippen LogP contribution is -2.48. The largest absolute Gasteiger partial charge is 0.480 e. The van der Waals surface area contributed by atoms with E-state index in [4.69, 9.17) is 5.11 Å². The molecule has 0 rings (SSSR count). The third-order valence-corrected chi connectivity index (χ3v) is 2.11. The fourth-order valence-electron chi connectivity index (χ4n) is 1.17. The third kappa shape index (κ3) is 6.23. The zero-order chi connectivity index (χ0) is 12.6. The summed E-state index contributed by atoms with van der Waals surface area (Å²) in [5, 5.41) is 16.8. The van der Waals surface area contributed by atoms with E-state index in [2.05, 4.69) is 16.0 Å². The average molecular weight is 231 g/mol. The van der Waals surface area contributed by atoms with Crippen LogP contribution < -0.4 is 16.0 Å². The molecule has 1 unspecified atom stereocenters. The maximum atomic E-state index is 11.3. The first kappa shape index (κ1) is 14.7. The molecule has 0 saturated carbocycles. The molecule has 0 radical (unpaired) electrons. The Morgan fingerprint density at radius 2 is 1.88 bits per heavy atom. The molecule has 0 bridgehead atoms. The normalized spacial score (nSPS) is 12.2. The van der Waals surface area contributed by atoms with Crippen molar-refractivity contribution in [3.8, 4) is 0 Å². The number of carbonyl (C=O) groups excluding carboxylic acids is 1. The standard InChI is InChI=1S/C10H21N3O3/c1-7(2)8(9(14)15)13-10(16)12-6-4-5-11-3/h7-8,11H,4-6H2,1-3H3,(H,14,15)(H2,12,13,16). The minimum Gasteiger partial charge on any atom is -0.480 e. The van der Waals surface area contributed by atoms with Crippen LogP contribution in [0.15, 0.2) is 0 Å². The Kier molecular flexibility index (Phi) is 7.28. The Labute approximate surface area is 95.8 Å². The highest BCUT2D eigenvalue weighted by Gasteiger charge is 2.22. The van der Waals surface area contributed by atoms with E-state index in [9.17, 15) is 9.59 Å². The molecular formula is C10H21N3O3. The number of carboxylic acids is 1. The molecule has 0 saturated heterocycles. The van der Waals surface area contributed by atoms with Crippen molar-refractivity contribution in [2.24, 2.45) is 5.92 Å². The Hall–Kier alpha value is -1.30. The molecule has 0 fully saturated rings. The van der Waals surface area contributed by atoms with Crippen LogP contribution in [-0.4, -0.2) is 43.3 Å². The Bertz CT molecular complexity index is 231. The first-order chi connectivity index (χ1) is 7.49. The minimum absolute atomic E-state index is 0.138. The second kappa shape index (κ2) is 7.92. The van der Waals surface area contributed by atoms with Crippen molar-refractivity contribution < 1.29 is 14.7 Å². The monoisotopic (exact) mass is 231 g/mol. The van der Waals surface area contributed by atoms with Crippen molar-refractivity contribution in [1.82, 2.24) is 16.0 Å². The summed E-state index contributed by atoms with van der Waals surface area (Å²) < 4.78 is 0. The first-order valence-corrected chi connectivity index (χ1v) is 5.40. The number of carboxylic acid groups (broad SMARTS) is 1. The van der Waals surface area contributed by atoms with Crippen LogP contribution in [0, 0.1) is 5.92 Å². The molecule has 0 aromatic carbocycles. The van der Waals surface area contributed by atoms with Crippen molar-refractivity contribution in [2.75, 3.05) is 20.1 Å². The molecule has 0 heterocycles. The Morgan fingerprint density at radius 3 is 2.31 bits per heavy atom. The topological polar surface area (TPSA) is 90.5 Å². The summed E-state index contributed by atoms with van der Waals surface area (Å²) in [6.07, 6.45) is 0.809. The summed E-state index contributed by atoms with van der Waals surface area (Å²) in [6.45, 7) is 4.84. The highest BCUT2D eigenvalue weighted by Crippen LogP contribution is 2.00. The van der Waals surface area contributed by atoms with Crippen LogP contribution in [0.4, 0.5) is 4.79 Å². The van der Waals surface area contributed by atoms with E-state index < -0.39 is 18.0 Å². The number of hydrogen-bond acceptors (Lipinski definition) is 3. The van der Waals surface area contributed by atoms with E-state index in [0.29, 0.717) is 6.54 Å². The highest BCUT2D eigenvalue weighted by atomic mass is 16.4. The number of amides is 2. The van der Waals surface area contributed by atoms with Gasteiger partial charge < -0.3 is 21.1 Å². The van der Waals surface area contributed by atoms with Crippen LogP contribution in [0.2, 0.25) is 0 Å². The smallest absolute Gasteiger partial charge is 0.326 e. The summed E-state index contributed by atoms with van der Waals surface area (Å²) in [7, 11) is 1.83. The van der Waals surface area contributed by atoms with Gasteiger partial charge in [0.25, 0.3) is 0 Å². The van der Waals surface area contributed by atoms with Gasteiger partial charge in [-0.05, 0) is 25.9 Å². The fourth-order valence-corrected chi connectivity index (χ4v) is 1.17. The molecule has 94 valence electrons. The van der Waals surface area contributed by atoms with E-state index in [0.717, 1.165) is 13.0 Å². The van der Waals surface area contributed by atoms with Crippen LogP contribution >= 0.6 is 0 Å². The number of carbonyl (C=O) groups is 2. The minimum atomic E-state index is -1.01. The summed E-state index contributed by atoms with van der Waals surface area (Å²) >= 11 is 0. The predicted molar refractivity (Wildman–Crippen MR) is 61.3 cm³/mol. The molecule has 2 amide bonds. The lowest BCUT2D eigenvalue weighted by Gasteiger charge is -2.18. The van der Waals surface area contributed by atoms with Crippen molar-refractivity contribution in [3.63, 3.8) is 0 Å². The third-order valence-electron chi connectivity index (χ3n) is 2.11. The molecule has 16 heavy (non-hydrogen) atoms. The van der Waals surface area contributed by atoms with Gasteiger partial charge in [0, 0.05) is 6.54 Å². The van der Waals surface area contributed by atoms with E-state index in [1.54, 1.807) is 13.8 Å². The van der Waals surface area contributed by atoms with Gasteiger partial charge in [0.1, 0.15) is 6.04 Å². The quantitative estimate of drug-likeness (QED) is 0.464. The maximum Gasteiger partial charge on any atom is 0.326 e. The van der Waals surface area contributed by atoms with Gasteiger partial charge in [-0.2, -0.15) is 0 Å². The van der Waals surface area contributed by atoms with Crippen LogP contribution in [-0.2, 0) is 4.79 Å². The van der Waals surface area contributed by atoms with Crippen molar-refractivity contribution in [1.29, 1.82) is 0 Å². The number of hydrogen-bond donors (Lipinski definition) is 4. The SMILES string of the molecule is CNCCCNC(=O)NC(C(=O)O)C(C)C. The van der Waals surface area contributed by atoms with Gasteiger partial charge in [0.2, 0.25) is 0 Å². The van der Waals surface area contributed by atoms with Crippen LogP contribution in [0.25, 0.3) is 0 Å². The zero-order valence-corrected chi connectivity index (χ0v) is 10.0. The summed E-state index contributed by atoms with van der Waals surface area (Å²) in [5.74, 6) is -1.15. The molecule has 4 N–H and O–H groups in total. The Morgan fingerprint density at radius 1 is 1.25 bits per heavy atom. The zero-order valence-electron chi connectivity index (χ0n) is 10.0. The van der Waals surface area contributed by atoms with Crippen LogP contribution in [0.3, 0.4) is 0 Å². The summed E-state index contributed by atoms with van der Waals surface area (Å²) in [6, 6.07) is -1.28. The second-order valence-electron chi connectivity index (χ2n) is 3.92. The Balaban J connectivity index is 3.87. The van der Waals surface area contributed by atoms with Gasteiger partial charge in [-0.15, -0.1) is 0 Å². The van der Waals surface area contributed by atoms with E-state index in [1.165, 1.54) is 0 Å². The summed E-state index contributed by atoms with van der Waals surface area (Å²) in [5.41, 5.74) is 0. The predicted octanol–water partition coefficient (Wildman–Crippen LogP) is 0.00430. The van der Waals surface area contributed by atoms with Crippen molar-refractivity contribution >= 4 is 12.0 Å². The molecule has 6 heteroatoms. The average Bonchev–Trinajstić information content (AvgIpc) is 2.20. The lowest BCUT2D eigenvalue weighted by atomic mass is 10.1. The van der Waals surface area contributed by atoms with Crippen LogP contribution in [0.5, 0.6) is 0 Å². The fraction of sp³-hybridized carbons (Fsp3) is 0.800. The molecule has 0 aromatic rings. The van der Waals surface area contributed by atoms with Gasteiger partial charge in [-0.3, -0.25) is 0 Å². The molecule has 0 spiro atoms. The molecule has 6 nitrogen and oxygen atoms in total. The van der Waals surface area contributed by atoms with Crippen molar-refractivity contribution in [3.05, 3.63) is 0 Å². The van der Waals surface area contributed by atoms with Gasteiger partial charge in [0.05, 0.1) is 0 Å².